The first-order chi connectivity index (χ1) is 13.1. The summed E-state index contributed by atoms with van der Waals surface area (Å²) in [5, 5.41) is 10.8. The third kappa shape index (κ3) is 3.31. The minimum Gasteiger partial charge on any atom is -0.494 e. The molecule has 2 atom stereocenters. The molecule has 4 nitrogen and oxygen atoms in total. The second kappa shape index (κ2) is 7.29. The van der Waals surface area contributed by atoms with Gasteiger partial charge in [-0.25, -0.2) is 4.39 Å². The molecule has 2 heterocycles. The molecule has 2 aromatic carbocycles. The number of aliphatic carboxylic acids is 1. The van der Waals surface area contributed by atoms with E-state index >= 15 is 0 Å². The summed E-state index contributed by atoms with van der Waals surface area (Å²) in [4.78, 5) is 14.8. The van der Waals surface area contributed by atoms with Crippen LogP contribution in [-0.4, -0.2) is 35.7 Å². The van der Waals surface area contributed by atoms with Gasteiger partial charge in [-0.15, -0.1) is 11.3 Å². The van der Waals surface area contributed by atoms with Crippen LogP contribution in [0.25, 0.3) is 10.1 Å². The van der Waals surface area contributed by atoms with Crippen molar-refractivity contribution in [1.82, 2.24) is 4.90 Å². The zero-order valence-electron chi connectivity index (χ0n) is 14.9. The van der Waals surface area contributed by atoms with E-state index in [2.05, 4.69) is 6.07 Å². The highest BCUT2D eigenvalue weighted by molar-refractivity contribution is 7.19. The Balaban J connectivity index is 1.84. The first kappa shape index (κ1) is 17.9. The van der Waals surface area contributed by atoms with Crippen LogP contribution in [0.5, 0.6) is 5.75 Å². The Labute approximate surface area is 160 Å². The van der Waals surface area contributed by atoms with Crippen LogP contribution in [-0.2, 0) is 4.79 Å². The number of rotatable bonds is 5. The number of thiophene rings is 1. The Morgan fingerprint density at radius 1 is 1.30 bits per heavy atom. The predicted molar refractivity (Wildman–Crippen MR) is 104 cm³/mol. The topological polar surface area (TPSA) is 49.8 Å². The Morgan fingerprint density at radius 3 is 2.81 bits per heavy atom. The number of likely N-dealkylation sites (tertiary alicyclic amines) is 1. The number of carboxylic acid groups (broad SMARTS) is 1. The van der Waals surface area contributed by atoms with Crippen molar-refractivity contribution in [3.63, 3.8) is 0 Å². The molecule has 140 valence electrons. The minimum absolute atomic E-state index is 0.185. The van der Waals surface area contributed by atoms with Gasteiger partial charge in [0.05, 0.1) is 13.2 Å². The average molecular weight is 385 g/mol. The van der Waals surface area contributed by atoms with E-state index in [9.17, 15) is 14.3 Å². The van der Waals surface area contributed by atoms with Crippen molar-refractivity contribution in [2.75, 3.05) is 13.7 Å². The van der Waals surface area contributed by atoms with Gasteiger partial charge in [-0.1, -0.05) is 24.3 Å². The van der Waals surface area contributed by atoms with Crippen LogP contribution in [0.3, 0.4) is 0 Å². The summed E-state index contributed by atoms with van der Waals surface area (Å²) < 4.78 is 20.6. The van der Waals surface area contributed by atoms with Crippen LogP contribution in [0.15, 0.2) is 48.5 Å². The number of methoxy groups -OCH3 is 1. The van der Waals surface area contributed by atoms with Gasteiger partial charge in [0, 0.05) is 16.1 Å². The molecule has 0 aliphatic carbocycles. The van der Waals surface area contributed by atoms with Gasteiger partial charge >= 0.3 is 5.97 Å². The number of halogens is 1. The number of hydrogen-bond donors (Lipinski definition) is 1. The lowest BCUT2D eigenvalue weighted by molar-refractivity contribution is -0.142. The van der Waals surface area contributed by atoms with Gasteiger partial charge in [0.25, 0.3) is 0 Å². The van der Waals surface area contributed by atoms with Crippen LogP contribution in [0.2, 0.25) is 0 Å². The summed E-state index contributed by atoms with van der Waals surface area (Å²) in [7, 11) is 1.43. The van der Waals surface area contributed by atoms with Crippen molar-refractivity contribution in [2.45, 2.75) is 24.9 Å². The number of hydrogen-bond acceptors (Lipinski definition) is 4. The van der Waals surface area contributed by atoms with E-state index in [1.165, 1.54) is 13.2 Å². The molecule has 1 N–H and O–H groups in total. The lowest BCUT2D eigenvalue weighted by Gasteiger charge is -2.31. The van der Waals surface area contributed by atoms with Crippen molar-refractivity contribution in [1.29, 1.82) is 0 Å². The standard InChI is InChI=1S/C21H20FNO3S/c1-26-17-9-8-14(11-15(17)22)20(23-10-4-6-16(23)21(24)25)19-12-13-5-2-3-7-18(13)27-19/h2-3,5,7-9,11-12,16,20H,4,6,10H2,1H3,(H,24,25). The zero-order valence-corrected chi connectivity index (χ0v) is 15.7. The lowest BCUT2D eigenvalue weighted by Crippen LogP contribution is -2.39. The molecule has 27 heavy (non-hydrogen) atoms. The molecule has 0 bridgehead atoms. The molecular weight excluding hydrogens is 365 g/mol. The van der Waals surface area contributed by atoms with E-state index < -0.39 is 17.8 Å². The van der Waals surface area contributed by atoms with Gasteiger partial charge in [-0.05, 0) is 48.1 Å². The lowest BCUT2D eigenvalue weighted by atomic mass is 10.0. The molecule has 6 heteroatoms. The Kier molecular flexibility index (Phi) is 4.85. The highest BCUT2D eigenvalue weighted by Gasteiger charge is 2.37. The second-order valence-corrected chi connectivity index (χ2v) is 7.83. The van der Waals surface area contributed by atoms with Gasteiger partial charge in [-0.2, -0.15) is 0 Å². The molecule has 0 spiro atoms. The normalized spacial score (nSPS) is 18.7. The van der Waals surface area contributed by atoms with Gasteiger partial charge < -0.3 is 9.84 Å². The number of nitrogens with zero attached hydrogens (tertiary/aromatic N) is 1. The van der Waals surface area contributed by atoms with Gasteiger partial charge in [0.1, 0.15) is 6.04 Å². The molecule has 2 unspecified atom stereocenters. The Hall–Kier alpha value is -2.44. The SMILES string of the molecule is COc1ccc(C(c2cc3ccccc3s2)N2CCCC2C(=O)O)cc1F. The summed E-state index contributed by atoms with van der Waals surface area (Å²) in [6, 6.07) is 14.2. The highest BCUT2D eigenvalue weighted by atomic mass is 32.1. The van der Waals surface area contributed by atoms with E-state index in [4.69, 9.17) is 4.74 Å². The number of ether oxygens (including phenoxy) is 1. The molecule has 1 saturated heterocycles. The van der Waals surface area contributed by atoms with Gasteiger partial charge in [0.2, 0.25) is 0 Å². The van der Waals surface area contributed by atoms with Crippen molar-refractivity contribution >= 4 is 27.4 Å². The van der Waals surface area contributed by atoms with E-state index in [-0.39, 0.29) is 11.8 Å². The van der Waals surface area contributed by atoms with Gasteiger partial charge in [0.15, 0.2) is 11.6 Å². The third-order valence-electron chi connectivity index (χ3n) is 5.12. The fourth-order valence-corrected chi connectivity index (χ4v) is 5.09. The molecule has 1 fully saturated rings. The molecule has 1 aromatic heterocycles. The quantitative estimate of drug-likeness (QED) is 0.692. The molecule has 0 amide bonds. The Bertz CT molecular complexity index is 953. The molecular formula is C21H20FNO3S. The molecule has 0 saturated carbocycles. The largest absolute Gasteiger partial charge is 0.494 e. The third-order valence-corrected chi connectivity index (χ3v) is 6.29. The molecule has 1 aliphatic heterocycles. The minimum atomic E-state index is -0.826. The van der Waals surface area contributed by atoms with Crippen LogP contribution < -0.4 is 4.74 Å². The van der Waals surface area contributed by atoms with E-state index in [1.807, 2.05) is 35.2 Å². The number of carboxylic acids is 1. The zero-order chi connectivity index (χ0) is 19.0. The van der Waals surface area contributed by atoms with E-state index in [0.717, 1.165) is 26.9 Å². The summed E-state index contributed by atoms with van der Waals surface area (Å²) in [6.07, 6.45) is 1.42. The summed E-state index contributed by atoms with van der Waals surface area (Å²) in [5.74, 6) is -1.08. The fraction of sp³-hybridized carbons (Fsp3) is 0.286. The molecule has 0 radical (unpaired) electrons. The monoisotopic (exact) mass is 385 g/mol. The maximum Gasteiger partial charge on any atom is 0.320 e. The number of benzene rings is 2. The summed E-state index contributed by atoms with van der Waals surface area (Å²) in [6.45, 7) is 0.670. The second-order valence-electron chi connectivity index (χ2n) is 6.72. The van der Waals surface area contributed by atoms with Crippen molar-refractivity contribution in [3.05, 3.63) is 64.8 Å². The molecule has 1 aliphatic rings. The van der Waals surface area contributed by atoms with Crippen LogP contribution in [0.1, 0.15) is 29.3 Å². The van der Waals surface area contributed by atoms with E-state index in [0.29, 0.717) is 13.0 Å². The van der Waals surface area contributed by atoms with Gasteiger partial charge in [-0.3, -0.25) is 9.69 Å². The van der Waals surface area contributed by atoms with Crippen molar-refractivity contribution in [3.8, 4) is 5.75 Å². The fourth-order valence-electron chi connectivity index (χ4n) is 3.87. The maximum absolute atomic E-state index is 14.4. The van der Waals surface area contributed by atoms with Crippen molar-refractivity contribution < 1.29 is 19.0 Å². The van der Waals surface area contributed by atoms with Crippen LogP contribution in [0.4, 0.5) is 4.39 Å². The van der Waals surface area contributed by atoms with Crippen molar-refractivity contribution in [2.24, 2.45) is 0 Å². The maximum atomic E-state index is 14.4. The average Bonchev–Trinajstić information content (AvgIpc) is 3.29. The first-order valence-electron chi connectivity index (χ1n) is 8.89. The highest BCUT2D eigenvalue weighted by Crippen LogP contribution is 2.41. The first-order valence-corrected chi connectivity index (χ1v) is 9.70. The Morgan fingerprint density at radius 2 is 2.11 bits per heavy atom. The predicted octanol–water partition coefficient (Wildman–Crippen LogP) is 4.69. The van der Waals surface area contributed by atoms with Crippen LogP contribution in [0, 0.1) is 5.82 Å². The van der Waals surface area contributed by atoms with E-state index in [1.54, 1.807) is 17.4 Å². The smallest absolute Gasteiger partial charge is 0.320 e. The summed E-state index contributed by atoms with van der Waals surface area (Å²) in [5.41, 5.74) is 0.744. The molecule has 4 rings (SSSR count). The number of fused-ring (bicyclic) bond motifs is 1. The van der Waals surface area contributed by atoms with Crippen LogP contribution >= 0.6 is 11.3 Å². The molecule has 3 aromatic rings. The summed E-state index contributed by atoms with van der Waals surface area (Å²) >= 11 is 1.63. The number of carbonyl (C=O) groups is 1.